The summed E-state index contributed by atoms with van der Waals surface area (Å²) in [7, 11) is 0. The van der Waals surface area contributed by atoms with Gasteiger partial charge in [0.05, 0.1) is 0 Å². The van der Waals surface area contributed by atoms with Crippen LogP contribution in [0.4, 0.5) is 0 Å². The van der Waals surface area contributed by atoms with Crippen LogP contribution in [0.3, 0.4) is 0 Å². The van der Waals surface area contributed by atoms with Crippen molar-refractivity contribution in [1.82, 2.24) is 9.80 Å². The molecule has 1 aliphatic heterocycles. The molecule has 7 atom stereocenters. The van der Waals surface area contributed by atoms with Crippen molar-refractivity contribution in [3.63, 3.8) is 0 Å². The smallest absolute Gasteiger partial charge is 0.0318 e. The van der Waals surface area contributed by atoms with Crippen LogP contribution in [-0.4, -0.2) is 46.1 Å². The van der Waals surface area contributed by atoms with Gasteiger partial charge >= 0.3 is 0 Å². The van der Waals surface area contributed by atoms with E-state index in [2.05, 4.69) is 40.2 Å². The highest BCUT2D eigenvalue weighted by Crippen LogP contribution is 2.54. The molecule has 1 heterocycles. The van der Waals surface area contributed by atoms with Crippen molar-refractivity contribution in [2.75, 3.05) is 0 Å². The van der Waals surface area contributed by atoms with Crippen molar-refractivity contribution in [1.29, 1.82) is 0 Å². The monoisotopic (exact) mass is 653 g/mol. The third-order valence-electron chi connectivity index (χ3n) is 17.0. The summed E-state index contributed by atoms with van der Waals surface area (Å²) in [6, 6.07) is 4.98. The van der Waals surface area contributed by atoms with E-state index in [1.807, 2.05) is 5.57 Å². The van der Waals surface area contributed by atoms with Crippen LogP contribution in [0, 0.1) is 41.4 Å². The van der Waals surface area contributed by atoms with Gasteiger partial charge in [0, 0.05) is 36.3 Å². The first-order valence-corrected chi connectivity index (χ1v) is 22.4. The van der Waals surface area contributed by atoms with Gasteiger partial charge in [-0.1, -0.05) is 100 Å². The zero-order valence-corrected chi connectivity index (χ0v) is 30.9. The Bertz CT molecular complexity index is 1100. The van der Waals surface area contributed by atoms with Crippen LogP contribution < -0.4 is 0 Å². The Balaban J connectivity index is 0.917. The molecule has 0 aromatic heterocycles. The molecule has 0 bridgehead atoms. The van der Waals surface area contributed by atoms with Crippen molar-refractivity contribution in [2.45, 2.75) is 210 Å². The molecule has 3 unspecified atom stereocenters. The summed E-state index contributed by atoms with van der Waals surface area (Å²) in [5, 5.41) is 0. The van der Waals surface area contributed by atoms with Gasteiger partial charge in [-0.3, -0.25) is 9.80 Å². The van der Waals surface area contributed by atoms with E-state index in [4.69, 9.17) is 0 Å². The average Bonchev–Trinajstić information content (AvgIpc) is 3.48. The van der Waals surface area contributed by atoms with Gasteiger partial charge in [0.2, 0.25) is 0 Å². The number of hydrogen-bond donors (Lipinski definition) is 0. The summed E-state index contributed by atoms with van der Waals surface area (Å²) in [6.07, 6.45) is 53.2. The van der Waals surface area contributed by atoms with Crippen molar-refractivity contribution in [3.8, 4) is 0 Å². The largest absolute Gasteiger partial charge is 0.294 e. The van der Waals surface area contributed by atoms with Gasteiger partial charge in [0.15, 0.2) is 0 Å². The standard InChI is InChI=1S/C46H72N2/c1-4-12-33(13-5-1)35-20-25-40(26-21-35)47(41-27-22-36(23-28-41)34-14-6-2-7-15-34)42-29-24-37-32-46-44(31-38(37)30-42)43-18-10-11-19-45(43)48(46)39-16-8-3-9-17-39/h3,8,10-11,32-36,38-46H,1-2,4-7,9,12-31H2/t35?,36?,38?,39-,40?,41?,42-,43-,44+,45?,46?/m0/s1. The molecule has 2 nitrogen and oxygen atoms in total. The van der Waals surface area contributed by atoms with Gasteiger partial charge in [-0.15, -0.1) is 0 Å². The summed E-state index contributed by atoms with van der Waals surface area (Å²) in [6.45, 7) is 0. The predicted octanol–water partition coefficient (Wildman–Crippen LogP) is 11.8. The molecule has 0 spiro atoms. The van der Waals surface area contributed by atoms with Gasteiger partial charge < -0.3 is 0 Å². The zero-order chi connectivity index (χ0) is 31.9. The molecule has 9 rings (SSSR count). The first-order valence-electron chi connectivity index (χ1n) is 22.4. The van der Waals surface area contributed by atoms with E-state index in [0.717, 1.165) is 77.7 Å². The molecule has 5 saturated carbocycles. The molecule has 8 aliphatic carbocycles. The summed E-state index contributed by atoms with van der Waals surface area (Å²) in [4.78, 5) is 6.44. The van der Waals surface area contributed by atoms with E-state index in [1.165, 1.54) is 122 Å². The minimum Gasteiger partial charge on any atom is -0.294 e. The number of fused-ring (bicyclic) bond motifs is 4. The van der Waals surface area contributed by atoms with Gasteiger partial charge in [-0.25, -0.2) is 0 Å². The molecule has 0 amide bonds. The number of nitrogens with zero attached hydrogens (tertiary/aromatic N) is 2. The van der Waals surface area contributed by atoms with E-state index in [1.54, 1.807) is 51.4 Å². The lowest BCUT2D eigenvalue weighted by atomic mass is 9.66. The molecular weight excluding hydrogens is 581 g/mol. The van der Waals surface area contributed by atoms with E-state index >= 15 is 0 Å². The molecule has 0 aromatic carbocycles. The zero-order valence-electron chi connectivity index (χ0n) is 30.9. The van der Waals surface area contributed by atoms with Gasteiger partial charge in [-0.2, -0.15) is 0 Å². The molecule has 1 saturated heterocycles. The predicted molar refractivity (Wildman–Crippen MR) is 202 cm³/mol. The highest BCUT2D eigenvalue weighted by Gasteiger charge is 2.53. The summed E-state index contributed by atoms with van der Waals surface area (Å²) < 4.78 is 0. The Morgan fingerprint density at radius 2 is 1.10 bits per heavy atom. The van der Waals surface area contributed by atoms with Gasteiger partial charge in [-0.05, 0) is 151 Å². The number of hydrogen-bond acceptors (Lipinski definition) is 2. The fraction of sp³-hybridized carbons (Fsp3) is 0.870. The van der Waals surface area contributed by atoms with E-state index < -0.39 is 0 Å². The van der Waals surface area contributed by atoms with Crippen LogP contribution in [0.2, 0.25) is 0 Å². The van der Waals surface area contributed by atoms with Crippen molar-refractivity contribution >= 4 is 0 Å². The maximum atomic E-state index is 3.33. The van der Waals surface area contributed by atoms with Crippen LogP contribution in [0.1, 0.15) is 173 Å². The van der Waals surface area contributed by atoms with Crippen LogP contribution >= 0.6 is 0 Å². The summed E-state index contributed by atoms with van der Waals surface area (Å²) in [5.74, 6) is 6.96. The third kappa shape index (κ3) is 6.63. The number of likely N-dealkylation sites (tertiary alicyclic amines) is 1. The van der Waals surface area contributed by atoms with Crippen molar-refractivity contribution in [2.24, 2.45) is 41.4 Å². The Labute approximate surface area is 296 Å². The van der Waals surface area contributed by atoms with E-state index in [9.17, 15) is 0 Å². The SMILES string of the molecule is C1=CC[C@H](N2C3CC=CC[C@H]3[C@H]3CC4C[C@@H](N(C5CCC(C6CCCCC6)CC5)C5CCC(C6CCCCC6)CC5)CCC4=CC32)CC1. The maximum Gasteiger partial charge on any atom is 0.0318 e. The molecule has 0 aromatic rings. The van der Waals surface area contributed by atoms with Gasteiger partial charge in [0.1, 0.15) is 0 Å². The third-order valence-corrected chi connectivity index (χ3v) is 17.0. The fourth-order valence-corrected chi connectivity index (χ4v) is 14.7. The normalized spacial score (nSPS) is 44.6. The molecule has 48 heavy (non-hydrogen) atoms. The van der Waals surface area contributed by atoms with Crippen LogP contribution in [0.15, 0.2) is 36.0 Å². The molecule has 0 radical (unpaired) electrons. The summed E-state index contributed by atoms with van der Waals surface area (Å²) >= 11 is 0. The maximum absolute atomic E-state index is 3.33. The Morgan fingerprint density at radius 3 is 1.73 bits per heavy atom. The molecule has 266 valence electrons. The highest BCUT2D eigenvalue weighted by molar-refractivity contribution is 5.26. The fourth-order valence-electron chi connectivity index (χ4n) is 14.7. The van der Waals surface area contributed by atoms with Gasteiger partial charge in [0.25, 0.3) is 0 Å². The Kier molecular flexibility index (Phi) is 10.3. The Hall–Kier alpha value is -0.860. The van der Waals surface area contributed by atoms with E-state index in [0.29, 0.717) is 0 Å². The van der Waals surface area contributed by atoms with Crippen LogP contribution in [0.25, 0.3) is 0 Å². The van der Waals surface area contributed by atoms with Crippen molar-refractivity contribution < 1.29 is 0 Å². The molecule has 0 N–H and O–H groups in total. The quantitative estimate of drug-likeness (QED) is 0.263. The topological polar surface area (TPSA) is 6.48 Å². The lowest BCUT2D eigenvalue weighted by Crippen LogP contribution is -2.54. The molecular formula is C46H72N2. The summed E-state index contributed by atoms with van der Waals surface area (Å²) in [5.41, 5.74) is 1.91. The first kappa shape index (κ1) is 33.0. The number of rotatable bonds is 6. The van der Waals surface area contributed by atoms with Crippen LogP contribution in [-0.2, 0) is 0 Å². The van der Waals surface area contributed by atoms with Crippen molar-refractivity contribution in [3.05, 3.63) is 36.0 Å². The molecule has 9 aliphatic rings. The highest BCUT2D eigenvalue weighted by atomic mass is 15.3. The average molecular weight is 653 g/mol. The minimum atomic E-state index is 0.737. The van der Waals surface area contributed by atoms with Crippen LogP contribution in [0.5, 0.6) is 0 Å². The molecule has 2 heteroatoms. The second kappa shape index (κ2) is 15.0. The van der Waals surface area contributed by atoms with E-state index in [-0.39, 0.29) is 0 Å². The second-order valence-electron chi connectivity index (χ2n) is 19.2. The number of allylic oxidation sites excluding steroid dienone is 3. The molecule has 6 fully saturated rings. The second-order valence-corrected chi connectivity index (χ2v) is 19.2. The lowest BCUT2D eigenvalue weighted by Gasteiger charge is -2.52. The lowest BCUT2D eigenvalue weighted by molar-refractivity contribution is -0.00631. The Morgan fingerprint density at radius 1 is 0.500 bits per heavy atom. The first-order chi connectivity index (χ1) is 23.8. The minimum absolute atomic E-state index is 0.737.